The average molecular weight is 293 g/mol. The molecular weight excluding hydrogens is 266 g/mol. The van der Waals surface area contributed by atoms with E-state index in [0.717, 1.165) is 57.9 Å². The molecule has 6 nitrogen and oxygen atoms in total. The third kappa shape index (κ3) is 5.13. The van der Waals surface area contributed by atoms with Crippen molar-refractivity contribution in [3.8, 4) is 5.88 Å². The van der Waals surface area contributed by atoms with E-state index < -0.39 is 0 Å². The van der Waals surface area contributed by atoms with Crippen LogP contribution in [0.2, 0.25) is 0 Å². The number of unbranched alkanes of at least 4 members (excludes halogenated alkanes) is 1. The number of ether oxygens (including phenoxy) is 1. The maximum absolute atomic E-state index is 5.57. The summed E-state index contributed by atoms with van der Waals surface area (Å²) >= 11 is 0. The summed E-state index contributed by atoms with van der Waals surface area (Å²) in [6, 6.07) is 1.94. The molecule has 0 amide bonds. The second-order valence-corrected chi connectivity index (χ2v) is 5.39. The summed E-state index contributed by atoms with van der Waals surface area (Å²) < 4.78 is 5.57. The van der Waals surface area contributed by atoms with Gasteiger partial charge in [-0.2, -0.15) is 0 Å². The zero-order valence-corrected chi connectivity index (χ0v) is 13.0. The molecule has 2 rings (SSSR count). The molecule has 0 atom stereocenters. The van der Waals surface area contributed by atoms with Gasteiger partial charge in [0.1, 0.15) is 12.1 Å². The maximum atomic E-state index is 5.57. The summed E-state index contributed by atoms with van der Waals surface area (Å²) in [5, 5.41) is 0. The van der Waals surface area contributed by atoms with Crippen LogP contribution in [-0.4, -0.2) is 60.7 Å². The van der Waals surface area contributed by atoms with Crippen molar-refractivity contribution in [2.75, 3.05) is 50.8 Å². The van der Waals surface area contributed by atoms with E-state index in [2.05, 4.69) is 26.7 Å². The second-order valence-electron chi connectivity index (χ2n) is 5.39. The fraction of sp³-hybridized carbons (Fsp3) is 0.733. The lowest BCUT2D eigenvalue weighted by Crippen LogP contribution is -2.47. The maximum Gasteiger partial charge on any atom is 0.218 e. The van der Waals surface area contributed by atoms with E-state index in [1.807, 2.05) is 6.07 Å². The molecule has 118 valence electrons. The summed E-state index contributed by atoms with van der Waals surface area (Å²) in [5.41, 5.74) is 5.54. The van der Waals surface area contributed by atoms with Crippen LogP contribution in [0, 0.1) is 0 Å². The lowest BCUT2D eigenvalue weighted by molar-refractivity contribution is 0.252. The highest BCUT2D eigenvalue weighted by molar-refractivity contribution is 5.41. The quantitative estimate of drug-likeness (QED) is 0.725. The molecule has 1 saturated heterocycles. The van der Waals surface area contributed by atoms with Crippen LogP contribution in [0.15, 0.2) is 12.4 Å². The highest BCUT2D eigenvalue weighted by Gasteiger charge is 2.18. The Morgan fingerprint density at radius 2 is 2.00 bits per heavy atom. The number of anilines is 1. The number of nitrogens with zero attached hydrogens (tertiary/aromatic N) is 4. The van der Waals surface area contributed by atoms with Crippen LogP contribution in [0.1, 0.15) is 26.2 Å². The van der Waals surface area contributed by atoms with Gasteiger partial charge in [0.05, 0.1) is 6.61 Å². The first kappa shape index (κ1) is 16.0. The van der Waals surface area contributed by atoms with Crippen molar-refractivity contribution in [1.29, 1.82) is 0 Å². The summed E-state index contributed by atoms with van der Waals surface area (Å²) in [6.07, 6.45) is 4.89. The first-order valence-corrected chi connectivity index (χ1v) is 7.95. The number of hydrogen-bond acceptors (Lipinski definition) is 6. The highest BCUT2D eigenvalue weighted by atomic mass is 16.5. The highest BCUT2D eigenvalue weighted by Crippen LogP contribution is 2.17. The van der Waals surface area contributed by atoms with Crippen LogP contribution in [-0.2, 0) is 0 Å². The van der Waals surface area contributed by atoms with E-state index in [1.165, 1.54) is 6.42 Å². The summed E-state index contributed by atoms with van der Waals surface area (Å²) in [5.74, 6) is 1.64. The Labute approximate surface area is 127 Å². The van der Waals surface area contributed by atoms with E-state index >= 15 is 0 Å². The van der Waals surface area contributed by atoms with Gasteiger partial charge >= 0.3 is 0 Å². The van der Waals surface area contributed by atoms with E-state index in [4.69, 9.17) is 10.5 Å². The Hall–Kier alpha value is -1.40. The van der Waals surface area contributed by atoms with Crippen LogP contribution < -0.4 is 15.4 Å². The Morgan fingerprint density at radius 3 is 2.71 bits per heavy atom. The number of rotatable bonds is 8. The summed E-state index contributed by atoms with van der Waals surface area (Å²) in [4.78, 5) is 13.3. The van der Waals surface area contributed by atoms with Gasteiger partial charge in [0.15, 0.2) is 0 Å². The lowest BCUT2D eigenvalue weighted by atomic mass is 10.2. The zero-order chi connectivity index (χ0) is 14.9. The molecular formula is C15H27N5O. The molecule has 1 aromatic heterocycles. The molecule has 0 radical (unpaired) electrons. The Balaban J connectivity index is 1.81. The van der Waals surface area contributed by atoms with Crippen LogP contribution >= 0.6 is 0 Å². The van der Waals surface area contributed by atoms with Crippen LogP contribution in [0.25, 0.3) is 0 Å². The minimum absolute atomic E-state index is 0.673. The number of piperazine rings is 1. The summed E-state index contributed by atoms with van der Waals surface area (Å²) in [7, 11) is 0. The fourth-order valence-corrected chi connectivity index (χ4v) is 2.47. The third-order valence-electron chi connectivity index (χ3n) is 3.71. The van der Waals surface area contributed by atoms with Crippen molar-refractivity contribution in [3.63, 3.8) is 0 Å². The van der Waals surface area contributed by atoms with Gasteiger partial charge in [0.2, 0.25) is 5.88 Å². The third-order valence-corrected chi connectivity index (χ3v) is 3.71. The standard InChI is InChI=1S/C15H27N5O/c1-2-11-21-15-12-14(17-13-18-15)20-9-7-19(8-10-20)6-4-3-5-16/h12-13H,2-11,16H2,1H3. The molecule has 1 fully saturated rings. The minimum atomic E-state index is 0.673. The van der Waals surface area contributed by atoms with Crippen molar-refractivity contribution < 1.29 is 4.74 Å². The second kappa shape index (κ2) is 8.79. The molecule has 1 aliphatic heterocycles. The van der Waals surface area contributed by atoms with Gasteiger partial charge in [0, 0.05) is 32.2 Å². The average Bonchev–Trinajstić information content (AvgIpc) is 2.54. The Kier molecular flexibility index (Phi) is 6.69. The van der Waals surface area contributed by atoms with Crippen molar-refractivity contribution in [2.24, 2.45) is 5.73 Å². The van der Waals surface area contributed by atoms with E-state index in [-0.39, 0.29) is 0 Å². The topological polar surface area (TPSA) is 67.5 Å². The molecule has 0 aliphatic carbocycles. The van der Waals surface area contributed by atoms with Gasteiger partial charge in [-0.1, -0.05) is 6.92 Å². The molecule has 1 aromatic rings. The Bertz CT molecular complexity index is 407. The lowest BCUT2D eigenvalue weighted by Gasteiger charge is -2.35. The number of nitrogens with two attached hydrogens (primary N) is 1. The normalized spacial score (nSPS) is 16.2. The van der Waals surface area contributed by atoms with Gasteiger partial charge < -0.3 is 15.4 Å². The minimum Gasteiger partial charge on any atom is -0.478 e. The molecule has 21 heavy (non-hydrogen) atoms. The molecule has 0 saturated carbocycles. The summed E-state index contributed by atoms with van der Waals surface area (Å²) in [6.45, 7) is 8.91. The molecule has 6 heteroatoms. The SMILES string of the molecule is CCCOc1cc(N2CCN(CCCCN)CC2)ncn1. The molecule has 0 bridgehead atoms. The van der Waals surface area contributed by atoms with Gasteiger partial charge in [0.25, 0.3) is 0 Å². The van der Waals surface area contributed by atoms with Crippen molar-refractivity contribution in [2.45, 2.75) is 26.2 Å². The largest absolute Gasteiger partial charge is 0.478 e. The van der Waals surface area contributed by atoms with Crippen LogP contribution in [0.4, 0.5) is 5.82 Å². The van der Waals surface area contributed by atoms with Crippen LogP contribution in [0.3, 0.4) is 0 Å². The molecule has 0 unspecified atom stereocenters. The van der Waals surface area contributed by atoms with E-state index in [0.29, 0.717) is 12.5 Å². The van der Waals surface area contributed by atoms with Gasteiger partial charge in [-0.15, -0.1) is 0 Å². The van der Waals surface area contributed by atoms with Crippen molar-refractivity contribution in [3.05, 3.63) is 12.4 Å². The molecule has 2 heterocycles. The smallest absolute Gasteiger partial charge is 0.218 e. The number of aromatic nitrogens is 2. The molecule has 0 aromatic carbocycles. The predicted molar refractivity (Wildman–Crippen MR) is 84.8 cm³/mol. The molecule has 0 spiro atoms. The predicted octanol–water partition coefficient (Wildman–Crippen LogP) is 1.13. The Morgan fingerprint density at radius 1 is 1.19 bits per heavy atom. The van der Waals surface area contributed by atoms with Gasteiger partial charge in [-0.3, -0.25) is 4.90 Å². The van der Waals surface area contributed by atoms with Gasteiger partial charge in [-0.25, -0.2) is 9.97 Å². The first-order chi connectivity index (χ1) is 10.3. The van der Waals surface area contributed by atoms with Crippen molar-refractivity contribution >= 4 is 5.82 Å². The zero-order valence-electron chi connectivity index (χ0n) is 13.0. The van der Waals surface area contributed by atoms with Crippen LogP contribution in [0.5, 0.6) is 5.88 Å². The number of hydrogen-bond donors (Lipinski definition) is 1. The van der Waals surface area contributed by atoms with Gasteiger partial charge in [-0.05, 0) is 32.4 Å². The monoisotopic (exact) mass is 293 g/mol. The fourth-order valence-electron chi connectivity index (χ4n) is 2.47. The molecule has 2 N–H and O–H groups in total. The molecule has 1 aliphatic rings. The van der Waals surface area contributed by atoms with Crippen molar-refractivity contribution in [1.82, 2.24) is 14.9 Å². The van der Waals surface area contributed by atoms with E-state index in [1.54, 1.807) is 6.33 Å². The van der Waals surface area contributed by atoms with E-state index in [9.17, 15) is 0 Å². The first-order valence-electron chi connectivity index (χ1n) is 7.95.